The second-order valence-corrected chi connectivity index (χ2v) is 5.08. The molecule has 1 rings (SSSR count). The van der Waals surface area contributed by atoms with Crippen molar-refractivity contribution in [1.29, 1.82) is 0 Å². The fraction of sp³-hybridized carbons (Fsp3) is 0.786. The summed E-state index contributed by atoms with van der Waals surface area (Å²) in [6, 6.07) is 0.204. The van der Waals surface area contributed by atoms with E-state index in [2.05, 4.69) is 11.4 Å². The van der Waals surface area contributed by atoms with Crippen LogP contribution in [0.5, 0.6) is 0 Å². The number of nitrogens with two attached hydrogens (primary N) is 1. The highest BCUT2D eigenvalue weighted by Gasteiger charge is 2.05. The molecule has 0 aromatic heterocycles. The fourth-order valence-electron chi connectivity index (χ4n) is 2.17. The van der Waals surface area contributed by atoms with Gasteiger partial charge in [0.25, 0.3) is 0 Å². The average Bonchev–Trinajstić information content (AvgIpc) is 2.30. The largest absolute Gasteiger partial charge is 0.356 e. The van der Waals surface area contributed by atoms with E-state index in [-0.39, 0.29) is 11.9 Å². The van der Waals surface area contributed by atoms with E-state index in [0.29, 0.717) is 6.42 Å². The number of rotatable bonds is 7. The van der Waals surface area contributed by atoms with E-state index in [1.54, 1.807) is 0 Å². The third-order valence-electron chi connectivity index (χ3n) is 3.22. The monoisotopic (exact) mass is 238 g/mol. The normalized spacial score (nSPS) is 17.4. The van der Waals surface area contributed by atoms with Crippen molar-refractivity contribution >= 4 is 5.91 Å². The topological polar surface area (TPSA) is 55.1 Å². The van der Waals surface area contributed by atoms with Gasteiger partial charge in [0.05, 0.1) is 0 Å². The molecule has 0 spiro atoms. The Morgan fingerprint density at radius 2 is 2.35 bits per heavy atom. The maximum atomic E-state index is 11.5. The fourth-order valence-corrected chi connectivity index (χ4v) is 2.17. The van der Waals surface area contributed by atoms with Crippen molar-refractivity contribution in [3.05, 3.63) is 11.6 Å². The minimum atomic E-state index is 0.169. The maximum Gasteiger partial charge on any atom is 0.220 e. The van der Waals surface area contributed by atoms with Crippen molar-refractivity contribution in [3.63, 3.8) is 0 Å². The predicted molar refractivity (Wildman–Crippen MR) is 71.7 cm³/mol. The van der Waals surface area contributed by atoms with Gasteiger partial charge in [-0.3, -0.25) is 4.79 Å². The van der Waals surface area contributed by atoms with E-state index in [9.17, 15) is 4.79 Å². The first-order chi connectivity index (χ1) is 8.18. The van der Waals surface area contributed by atoms with Crippen molar-refractivity contribution < 1.29 is 4.79 Å². The highest BCUT2D eigenvalue weighted by atomic mass is 16.1. The molecular weight excluding hydrogens is 212 g/mol. The summed E-state index contributed by atoms with van der Waals surface area (Å²) in [6.07, 6.45) is 10.9. The van der Waals surface area contributed by atoms with Crippen LogP contribution in [-0.4, -0.2) is 18.5 Å². The number of carbonyl (C=O) groups is 1. The van der Waals surface area contributed by atoms with Crippen molar-refractivity contribution in [2.24, 2.45) is 5.73 Å². The van der Waals surface area contributed by atoms with E-state index in [1.165, 1.54) is 31.3 Å². The molecule has 98 valence electrons. The lowest BCUT2D eigenvalue weighted by Crippen LogP contribution is -2.25. The molecule has 3 nitrogen and oxygen atoms in total. The zero-order chi connectivity index (χ0) is 12.5. The van der Waals surface area contributed by atoms with Gasteiger partial charge in [0, 0.05) is 19.0 Å². The predicted octanol–water partition coefficient (Wildman–Crippen LogP) is 2.51. The van der Waals surface area contributed by atoms with Crippen LogP contribution >= 0.6 is 0 Å². The lowest BCUT2D eigenvalue weighted by Gasteiger charge is -2.13. The molecule has 0 radical (unpaired) electrons. The Kier molecular flexibility index (Phi) is 6.94. The van der Waals surface area contributed by atoms with Crippen molar-refractivity contribution in [1.82, 2.24) is 5.32 Å². The molecule has 0 aromatic carbocycles. The maximum absolute atomic E-state index is 11.5. The zero-order valence-electron chi connectivity index (χ0n) is 11.0. The molecule has 0 saturated heterocycles. The van der Waals surface area contributed by atoms with Crippen LogP contribution in [0.25, 0.3) is 0 Å². The van der Waals surface area contributed by atoms with Crippen molar-refractivity contribution in [2.45, 2.75) is 64.3 Å². The number of hydrogen-bond acceptors (Lipinski definition) is 2. The Morgan fingerprint density at radius 1 is 1.53 bits per heavy atom. The molecule has 0 aliphatic heterocycles. The van der Waals surface area contributed by atoms with Gasteiger partial charge < -0.3 is 11.1 Å². The quantitative estimate of drug-likeness (QED) is 0.670. The van der Waals surface area contributed by atoms with Gasteiger partial charge in [-0.2, -0.15) is 0 Å². The summed E-state index contributed by atoms with van der Waals surface area (Å²) in [5.74, 6) is 0.169. The SMILES string of the molecule is CC(N)CCCC(=O)NCCC1=CCCCC1. The first kappa shape index (κ1) is 14.2. The van der Waals surface area contributed by atoms with Crippen LogP contribution in [0.1, 0.15) is 58.3 Å². The Morgan fingerprint density at radius 3 is 3.00 bits per heavy atom. The highest BCUT2D eigenvalue weighted by Crippen LogP contribution is 2.19. The first-order valence-electron chi connectivity index (χ1n) is 6.88. The molecule has 0 aromatic rings. The summed E-state index contributed by atoms with van der Waals surface area (Å²) >= 11 is 0. The lowest BCUT2D eigenvalue weighted by atomic mass is 9.97. The summed E-state index contributed by atoms with van der Waals surface area (Å²) in [6.45, 7) is 2.77. The molecule has 1 aliphatic rings. The van der Waals surface area contributed by atoms with Gasteiger partial charge in [-0.05, 0) is 51.9 Å². The Balaban J connectivity index is 2.01. The van der Waals surface area contributed by atoms with Crippen LogP contribution in [0.15, 0.2) is 11.6 Å². The lowest BCUT2D eigenvalue weighted by molar-refractivity contribution is -0.121. The Bertz CT molecular complexity index is 259. The standard InChI is InChI=1S/C14H26N2O/c1-12(15)6-5-9-14(17)16-11-10-13-7-3-2-4-8-13/h7,12H,2-6,8-11,15H2,1H3,(H,16,17). The molecule has 1 atom stereocenters. The van der Waals surface area contributed by atoms with Crippen LogP contribution < -0.4 is 11.1 Å². The second kappa shape index (κ2) is 8.29. The molecule has 17 heavy (non-hydrogen) atoms. The zero-order valence-corrected chi connectivity index (χ0v) is 11.0. The highest BCUT2D eigenvalue weighted by molar-refractivity contribution is 5.75. The van der Waals surface area contributed by atoms with Gasteiger partial charge in [0.15, 0.2) is 0 Å². The van der Waals surface area contributed by atoms with E-state index in [4.69, 9.17) is 5.73 Å². The van der Waals surface area contributed by atoms with Gasteiger partial charge in [0.1, 0.15) is 0 Å². The van der Waals surface area contributed by atoms with Crippen molar-refractivity contribution in [3.8, 4) is 0 Å². The molecule has 3 N–H and O–H groups in total. The molecule has 1 unspecified atom stereocenters. The first-order valence-corrected chi connectivity index (χ1v) is 6.88. The van der Waals surface area contributed by atoms with Crippen molar-refractivity contribution in [2.75, 3.05) is 6.54 Å². The van der Waals surface area contributed by atoms with Gasteiger partial charge >= 0.3 is 0 Å². The summed E-state index contributed by atoms with van der Waals surface area (Å²) in [5.41, 5.74) is 7.16. The third-order valence-corrected chi connectivity index (χ3v) is 3.22. The van der Waals surface area contributed by atoms with Crippen LogP contribution in [0.2, 0.25) is 0 Å². The van der Waals surface area contributed by atoms with E-state index >= 15 is 0 Å². The molecule has 1 amide bonds. The molecule has 0 bridgehead atoms. The number of hydrogen-bond donors (Lipinski definition) is 2. The number of nitrogens with one attached hydrogen (secondary N) is 1. The van der Waals surface area contributed by atoms with Gasteiger partial charge in [0.2, 0.25) is 5.91 Å². The minimum Gasteiger partial charge on any atom is -0.356 e. The van der Waals surface area contributed by atoms with Crippen LogP contribution in [0, 0.1) is 0 Å². The molecule has 0 heterocycles. The van der Waals surface area contributed by atoms with Gasteiger partial charge in [-0.1, -0.05) is 11.6 Å². The number of carbonyl (C=O) groups excluding carboxylic acids is 1. The molecule has 0 saturated carbocycles. The van der Waals surface area contributed by atoms with Gasteiger partial charge in [-0.15, -0.1) is 0 Å². The summed E-state index contributed by atoms with van der Waals surface area (Å²) in [7, 11) is 0. The minimum absolute atomic E-state index is 0.169. The van der Waals surface area contributed by atoms with Crippen LogP contribution in [0.4, 0.5) is 0 Å². The second-order valence-electron chi connectivity index (χ2n) is 5.08. The van der Waals surface area contributed by atoms with Gasteiger partial charge in [-0.25, -0.2) is 0 Å². The Hall–Kier alpha value is -0.830. The summed E-state index contributed by atoms with van der Waals surface area (Å²) in [4.78, 5) is 11.5. The number of amides is 1. The van der Waals surface area contributed by atoms with E-state index < -0.39 is 0 Å². The molecule has 0 fully saturated rings. The summed E-state index contributed by atoms with van der Waals surface area (Å²) < 4.78 is 0. The molecule has 1 aliphatic carbocycles. The summed E-state index contributed by atoms with van der Waals surface area (Å²) in [5, 5.41) is 2.98. The molecular formula is C14H26N2O. The molecule has 3 heteroatoms. The van der Waals surface area contributed by atoms with Crippen LogP contribution in [-0.2, 0) is 4.79 Å². The van der Waals surface area contributed by atoms with E-state index in [0.717, 1.165) is 25.8 Å². The van der Waals surface area contributed by atoms with E-state index in [1.807, 2.05) is 6.92 Å². The Labute approximate surface area is 105 Å². The number of allylic oxidation sites excluding steroid dienone is 1. The van der Waals surface area contributed by atoms with Crippen LogP contribution in [0.3, 0.4) is 0 Å². The average molecular weight is 238 g/mol. The smallest absolute Gasteiger partial charge is 0.220 e. The third kappa shape index (κ3) is 7.16.